The Kier molecular flexibility index (Phi) is 3.31. The first-order chi connectivity index (χ1) is 6.97. The molecule has 6 heteroatoms. The summed E-state index contributed by atoms with van der Waals surface area (Å²) < 4.78 is 0.127. The molecule has 5 nitrogen and oxygen atoms in total. The molecule has 0 amide bonds. The largest absolute Gasteiger partial charge is 0.298 e. The molecule has 78 valence electrons. The summed E-state index contributed by atoms with van der Waals surface area (Å²) in [5.74, 6) is -0.453. The predicted octanol–water partition coefficient (Wildman–Crippen LogP) is 2.37. The number of carbonyl (C=O) groups is 2. The lowest BCUT2D eigenvalue weighted by Crippen LogP contribution is -2.02. The quantitative estimate of drug-likeness (QED) is 0.366. The number of halogens is 1. The second-order valence-electron chi connectivity index (χ2n) is 2.83. The minimum Gasteiger partial charge on any atom is -0.298 e. The van der Waals surface area contributed by atoms with Crippen LogP contribution < -0.4 is 0 Å². The standard InChI is InChI=1S/C9H6BrNO4/c1-5(13)7-2-6(4-12)3-8(10)9(7)11(14)15/h2-4H,1H3. The van der Waals surface area contributed by atoms with E-state index in [1.165, 1.54) is 19.1 Å². The maximum Gasteiger partial charge on any atom is 0.294 e. The van der Waals surface area contributed by atoms with Crippen molar-refractivity contribution in [2.45, 2.75) is 6.92 Å². The van der Waals surface area contributed by atoms with Gasteiger partial charge in [-0.3, -0.25) is 19.7 Å². The molecule has 0 spiro atoms. The summed E-state index contributed by atoms with van der Waals surface area (Å²) in [5, 5.41) is 10.7. The lowest BCUT2D eigenvalue weighted by atomic mass is 10.1. The van der Waals surface area contributed by atoms with Gasteiger partial charge in [0.2, 0.25) is 0 Å². The lowest BCUT2D eigenvalue weighted by molar-refractivity contribution is -0.385. The molecule has 0 aliphatic rings. The average Bonchev–Trinajstić information content (AvgIpc) is 2.15. The van der Waals surface area contributed by atoms with Gasteiger partial charge in [-0.2, -0.15) is 0 Å². The molecular weight excluding hydrogens is 266 g/mol. The summed E-state index contributed by atoms with van der Waals surface area (Å²) in [5.41, 5.74) is -0.165. The molecule has 0 atom stereocenters. The van der Waals surface area contributed by atoms with Crippen molar-refractivity contribution < 1.29 is 14.5 Å². The van der Waals surface area contributed by atoms with E-state index in [2.05, 4.69) is 15.9 Å². The number of benzene rings is 1. The average molecular weight is 272 g/mol. The number of hydrogen-bond acceptors (Lipinski definition) is 4. The van der Waals surface area contributed by atoms with Crippen LogP contribution in [0.4, 0.5) is 5.69 Å². The third-order valence-corrected chi connectivity index (χ3v) is 2.39. The SMILES string of the molecule is CC(=O)c1cc(C=O)cc(Br)c1[N+](=O)[O-]. The summed E-state index contributed by atoms with van der Waals surface area (Å²) in [4.78, 5) is 31.7. The Hall–Kier alpha value is -1.56. The highest BCUT2D eigenvalue weighted by Gasteiger charge is 2.22. The van der Waals surface area contributed by atoms with Crippen molar-refractivity contribution in [1.82, 2.24) is 0 Å². The zero-order valence-electron chi connectivity index (χ0n) is 7.69. The molecule has 0 fully saturated rings. The van der Waals surface area contributed by atoms with E-state index < -0.39 is 10.7 Å². The Morgan fingerprint density at radius 1 is 1.53 bits per heavy atom. The van der Waals surface area contributed by atoms with Crippen LogP contribution >= 0.6 is 15.9 Å². The molecular formula is C9H6BrNO4. The number of carbonyl (C=O) groups excluding carboxylic acids is 2. The Balaban J connectivity index is 3.56. The zero-order chi connectivity index (χ0) is 11.6. The zero-order valence-corrected chi connectivity index (χ0v) is 9.28. The van der Waals surface area contributed by atoms with Crippen molar-refractivity contribution in [3.63, 3.8) is 0 Å². The predicted molar refractivity (Wildman–Crippen MR) is 56.2 cm³/mol. The van der Waals surface area contributed by atoms with Crippen LogP contribution in [-0.2, 0) is 0 Å². The molecule has 1 aromatic carbocycles. The number of hydrogen-bond donors (Lipinski definition) is 0. The number of nitro benzene ring substituents is 1. The number of ketones is 1. The number of nitro groups is 1. The Morgan fingerprint density at radius 3 is 2.53 bits per heavy atom. The fourth-order valence-corrected chi connectivity index (χ4v) is 1.76. The molecule has 0 aliphatic heterocycles. The van der Waals surface area contributed by atoms with Gasteiger partial charge in [0.1, 0.15) is 6.29 Å². The van der Waals surface area contributed by atoms with Gasteiger partial charge in [0.15, 0.2) is 5.78 Å². The van der Waals surface area contributed by atoms with E-state index in [-0.39, 0.29) is 21.3 Å². The van der Waals surface area contributed by atoms with Crippen molar-refractivity contribution in [3.05, 3.63) is 37.8 Å². The van der Waals surface area contributed by atoms with E-state index in [4.69, 9.17) is 0 Å². The van der Waals surface area contributed by atoms with Crippen molar-refractivity contribution in [2.24, 2.45) is 0 Å². The van der Waals surface area contributed by atoms with E-state index in [0.717, 1.165) is 0 Å². The van der Waals surface area contributed by atoms with Gasteiger partial charge in [-0.05, 0) is 35.0 Å². The Labute approximate surface area is 93.4 Å². The first-order valence-corrected chi connectivity index (χ1v) is 4.70. The van der Waals surface area contributed by atoms with Gasteiger partial charge in [0.25, 0.3) is 5.69 Å². The molecule has 0 radical (unpaired) electrons. The Bertz CT molecular complexity index is 456. The molecule has 0 saturated carbocycles. The monoisotopic (exact) mass is 271 g/mol. The highest BCUT2D eigenvalue weighted by atomic mass is 79.9. The minimum atomic E-state index is -0.657. The van der Waals surface area contributed by atoms with Gasteiger partial charge in [0, 0.05) is 5.56 Å². The second kappa shape index (κ2) is 4.31. The number of aldehydes is 1. The Morgan fingerprint density at radius 2 is 2.13 bits per heavy atom. The van der Waals surface area contributed by atoms with Crippen molar-refractivity contribution in [1.29, 1.82) is 0 Å². The van der Waals surface area contributed by atoms with Crippen LogP contribution in [-0.4, -0.2) is 17.0 Å². The van der Waals surface area contributed by atoms with E-state index in [9.17, 15) is 19.7 Å². The summed E-state index contributed by atoms with van der Waals surface area (Å²) in [6.45, 7) is 1.21. The molecule has 1 rings (SSSR count). The van der Waals surface area contributed by atoms with Gasteiger partial charge >= 0.3 is 0 Å². The van der Waals surface area contributed by atoms with E-state index in [0.29, 0.717) is 6.29 Å². The van der Waals surface area contributed by atoms with Crippen LogP contribution in [0.25, 0.3) is 0 Å². The molecule has 0 heterocycles. The first kappa shape index (κ1) is 11.5. The maximum absolute atomic E-state index is 11.1. The lowest BCUT2D eigenvalue weighted by Gasteiger charge is -2.02. The topological polar surface area (TPSA) is 77.3 Å². The summed E-state index contributed by atoms with van der Waals surface area (Å²) in [7, 11) is 0. The fourth-order valence-electron chi connectivity index (χ4n) is 1.14. The maximum atomic E-state index is 11.1. The summed E-state index contributed by atoms with van der Waals surface area (Å²) in [6, 6.07) is 2.51. The number of Topliss-reactive ketones (excluding diaryl/α,β-unsaturated/α-hetero) is 1. The van der Waals surface area contributed by atoms with Crippen LogP contribution in [0.15, 0.2) is 16.6 Å². The number of nitrogens with zero attached hydrogens (tertiary/aromatic N) is 1. The van der Waals surface area contributed by atoms with Crippen LogP contribution in [0, 0.1) is 10.1 Å². The highest BCUT2D eigenvalue weighted by Crippen LogP contribution is 2.30. The number of rotatable bonds is 3. The molecule has 0 N–H and O–H groups in total. The van der Waals surface area contributed by atoms with Crippen LogP contribution in [0.2, 0.25) is 0 Å². The highest BCUT2D eigenvalue weighted by molar-refractivity contribution is 9.10. The van der Waals surface area contributed by atoms with Crippen molar-refractivity contribution >= 4 is 33.7 Å². The van der Waals surface area contributed by atoms with E-state index >= 15 is 0 Å². The van der Waals surface area contributed by atoms with Gasteiger partial charge < -0.3 is 0 Å². The molecule has 0 aliphatic carbocycles. The molecule has 0 unspecified atom stereocenters. The fraction of sp³-hybridized carbons (Fsp3) is 0.111. The van der Waals surface area contributed by atoms with Crippen molar-refractivity contribution in [2.75, 3.05) is 0 Å². The molecule has 0 aromatic heterocycles. The van der Waals surface area contributed by atoms with Crippen LogP contribution in [0.5, 0.6) is 0 Å². The van der Waals surface area contributed by atoms with Gasteiger partial charge in [-0.25, -0.2) is 0 Å². The van der Waals surface area contributed by atoms with Gasteiger partial charge in [0.05, 0.1) is 15.0 Å². The van der Waals surface area contributed by atoms with E-state index in [1.54, 1.807) is 0 Å². The molecule has 0 saturated heterocycles. The van der Waals surface area contributed by atoms with Crippen LogP contribution in [0.1, 0.15) is 27.6 Å². The van der Waals surface area contributed by atoms with Gasteiger partial charge in [-0.15, -0.1) is 0 Å². The molecule has 0 bridgehead atoms. The normalized spacial score (nSPS) is 9.73. The molecule has 15 heavy (non-hydrogen) atoms. The van der Waals surface area contributed by atoms with Crippen molar-refractivity contribution in [3.8, 4) is 0 Å². The minimum absolute atomic E-state index is 0.0727. The third-order valence-electron chi connectivity index (χ3n) is 1.78. The third kappa shape index (κ3) is 2.27. The molecule has 1 aromatic rings. The van der Waals surface area contributed by atoms with E-state index in [1.807, 2.05) is 0 Å². The first-order valence-electron chi connectivity index (χ1n) is 3.91. The second-order valence-corrected chi connectivity index (χ2v) is 3.68. The van der Waals surface area contributed by atoms with Gasteiger partial charge in [-0.1, -0.05) is 0 Å². The summed E-state index contributed by atoms with van der Waals surface area (Å²) in [6.07, 6.45) is 0.529. The summed E-state index contributed by atoms with van der Waals surface area (Å²) >= 11 is 2.95. The smallest absolute Gasteiger partial charge is 0.294 e. The van der Waals surface area contributed by atoms with Crippen LogP contribution in [0.3, 0.4) is 0 Å².